The second kappa shape index (κ2) is 3.64. The average Bonchev–Trinajstić information content (AvgIpc) is 2.56. The lowest BCUT2D eigenvalue weighted by Gasteiger charge is -1.91. The zero-order valence-electron chi connectivity index (χ0n) is 7.68. The highest BCUT2D eigenvalue weighted by Gasteiger charge is 2.05. The third kappa shape index (κ3) is 1.52. The Kier molecular flexibility index (Phi) is 2.46. The van der Waals surface area contributed by atoms with Crippen LogP contribution in [0.1, 0.15) is 0 Å². The molecule has 1 aromatic carbocycles. The van der Waals surface area contributed by atoms with E-state index in [1.54, 1.807) is 17.5 Å². The van der Waals surface area contributed by atoms with Crippen LogP contribution in [0.5, 0.6) is 0 Å². The van der Waals surface area contributed by atoms with Gasteiger partial charge < -0.3 is 5.73 Å². The molecule has 0 radical (unpaired) electrons. The molecule has 0 bridgehead atoms. The molecule has 0 aliphatic heterocycles. The maximum atomic E-state index is 5.56. The van der Waals surface area contributed by atoms with E-state index in [-0.39, 0.29) is 12.4 Å². The third-order valence-corrected chi connectivity index (χ3v) is 3.23. The van der Waals surface area contributed by atoms with Crippen LogP contribution in [0.2, 0.25) is 0 Å². The van der Waals surface area contributed by atoms with Crippen molar-refractivity contribution >= 4 is 50.0 Å². The van der Waals surface area contributed by atoms with Gasteiger partial charge in [-0.05, 0) is 6.07 Å². The summed E-state index contributed by atoms with van der Waals surface area (Å²) in [4.78, 5) is 8.22. The van der Waals surface area contributed by atoms with Crippen LogP contribution < -0.4 is 5.73 Å². The minimum absolute atomic E-state index is 0. The fourth-order valence-corrected chi connectivity index (χ4v) is 2.54. The van der Waals surface area contributed by atoms with Crippen LogP contribution in [0.15, 0.2) is 30.5 Å². The van der Waals surface area contributed by atoms with Crippen LogP contribution >= 0.6 is 23.7 Å². The summed E-state index contributed by atoms with van der Waals surface area (Å²) in [5.41, 5.74) is 6.51. The molecule has 0 saturated heterocycles. The molecule has 0 saturated carbocycles. The Morgan fingerprint density at radius 1 is 1.13 bits per heavy atom. The van der Waals surface area contributed by atoms with Crippen LogP contribution in [0, 0.1) is 0 Å². The average molecular weight is 238 g/mol. The lowest BCUT2D eigenvalue weighted by atomic mass is 10.2. The zero-order chi connectivity index (χ0) is 9.54. The summed E-state index contributed by atoms with van der Waals surface area (Å²) in [5, 5.41) is 1.15. The van der Waals surface area contributed by atoms with Crippen LogP contribution in [-0.2, 0) is 0 Å². The van der Waals surface area contributed by atoms with E-state index in [1.807, 2.05) is 12.1 Å². The van der Waals surface area contributed by atoms with E-state index in [0.29, 0.717) is 5.95 Å². The maximum Gasteiger partial charge on any atom is 0.220 e. The summed E-state index contributed by atoms with van der Waals surface area (Å²) in [6, 6.07) is 8.17. The molecule has 3 rings (SSSR count). The standard InChI is InChI=1S/C10H7N3S.ClH/c11-10-12-5-8-9(13-10)6-3-1-2-4-7(6)14-8;/h1-5H,(H2,11,12,13);1H. The maximum absolute atomic E-state index is 5.56. The van der Waals surface area contributed by atoms with Crippen LogP contribution in [0.25, 0.3) is 20.3 Å². The lowest BCUT2D eigenvalue weighted by molar-refractivity contribution is 1.25. The van der Waals surface area contributed by atoms with E-state index in [9.17, 15) is 0 Å². The van der Waals surface area contributed by atoms with E-state index >= 15 is 0 Å². The highest BCUT2D eigenvalue weighted by atomic mass is 35.5. The number of rotatable bonds is 0. The normalized spacial score (nSPS) is 10.4. The number of nitrogens with zero attached hydrogens (tertiary/aromatic N) is 2. The van der Waals surface area contributed by atoms with Crippen molar-refractivity contribution < 1.29 is 0 Å². The topological polar surface area (TPSA) is 51.8 Å². The molecule has 3 aromatic rings. The summed E-state index contributed by atoms with van der Waals surface area (Å²) in [6.07, 6.45) is 1.78. The smallest absolute Gasteiger partial charge is 0.220 e. The summed E-state index contributed by atoms with van der Waals surface area (Å²) in [5.74, 6) is 0.334. The van der Waals surface area contributed by atoms with E-state index in [0.717, 1.165) is 15.6 Å². The third-order valence-electron chi connectivity index (χ3n) is 2.14. The predicted octanol–water partition coefficient (Wildman–Crippen LogP) is 2.85. The molecule has 5 heteroatoms. The Hall–Kier alpha value is -1.39. The highest BCUT2D eigenvalue weighted by molar-refractivity contribution is 7.25. The van der Waals surface area contributed by atoms with Gasteiger partial charge in [0.25, 0.3) is 0 Å². The molecular weight excluding hydrogens is 230 g/mol. The Bertz CT molecular complexity index is 620. The largest absolute Gasteiger partial charge is 0.368 e. The molecule has 76 valence electrons. The van der Waals surface area contributed by atoms with Gasteiger partial charge in [0, 0.05) is 10.1 Å². The first-order valence-electron chi connectivity index (χ1n) is 4.24. The van der Waals surface area contributed by atoms with Gasteiger partial charge in [0.05, 0.1) is 16.4 Å². The number of halogens is 1. The van der Waals surface area contributed by atoms with Crippen LogP contribution in [0.3, 0.4) is 0 Å². The van der Waals surface area contributed by atoms with Crippen molar-refractivity contribution in [3.63, 3.8) is 0 Å². The van der Waals surface area contributed by atoms with Crippen molar-refractivity contribution in [2.24, 2.45) is 0 Å². The molecule has 2 N–H and O–H groups in total. The zero-order valence-corrected chi connectivity index (χ0v) is 9.31. The van der Waals surface area contributed by atoms with Crippen molar-refractivity contribution in [3.05, 3.63) is 30.5 Å². The molecule has 0 fully saturated rings. The molecule has 0 amide bonds. The number of fused-ring (bicyclic) bond motifs is 3. The minimum Gasteiger partial charge on any atom is -0.368 e. The van der Waals surface area contributed by atoms with Crippen LogP contribution in [-0.4, -0.2) is 9.97 Å². The SMILES string of the molecule is Cl.Nc1ncc2sc3ccccc3c2n1. The Morgan fingerprint density at radius 3 is 2.80 bits per heavy atom. The second-order valence-electron chi connectivity index (χ2n) is 3.04. The first kappa shape index (κ1) is 10.1. The number of nitrogen functional groups attached to an aromatic ring is 1. The fraction of sp³-hybridized carbons (Fsp3) is 0. The monoisotopic (exact) mass is 237 g/mol. The van der Waals surface area contributed by atoms with Gasteiger partial charge in [0.2, 0.25) is 5.95 Å². The van der Waals surface area contributed by atoms with Gasteiger partial charge in [-0.3, -0.25) is 0 Å². The number of aromatic nitrogens is 2. The van der Waals surface area contributed by atoms with E-state index in [1.165, 1.54) is 4.70 Å². The minimum atomic E-state index is 0. The Balaban J connectivity index is 0.000000853. The Morgan fingerprint density at radius 2 is 1.93 bits per heavy atom. The van der Waals surface area contributed by atoms with Gasteiger partial charge >= 0.3 is 0 Å². The van der Waals surface area contributed by atoms with E-state index in [4.69, 9.17) is 5.73 Å². The molecule has 2 aromatic heterocycles. The molecule has 0 unspecified atom stereocenters. The first-order chi connectivity index (χ1) is 6.84. The highest BCUT2D eigenvalue weighted by Crippen LogP contribution is 2.31. The molecule has 3 nitrogen and oxygen atoms in total. The first-order valence-corrected chi connectivity index (χ1v) is 5.06. The van der Waals surface area contributed by atoms with Crippen LogP contribution in [0.4, 0.5) is 5.95 Å². The molecule has 0 aliphatic carbocycles. The second-order valence-corrected chi connectivity index (χ2v) is 4.12. The number of benzene rings is 1. The number of anilines is 1. The van der Waals surface area contributed by atoms with Gasteiger partial charge in [-0.2, -0.15) is 0 Å². The fourth-order valence-electron chi connectivity index (χ4n) is 1.52. The van der Waals surface area contributed by atoms with Crippen molar-refractivity contribution in [1.82, 2.24) is 9.97 Å². The molecule has 2 heterocycles. The summed E-state index contributed by atoms with van der Waals surface area (Å²) < 4.78 is 2.31. The number of hydrogen-bond acceptors (Lipinski definition) is 4. The lowest BCUT2D eigenvalue weighted by Crippen LogP contribution is -1.92. The molecule has 0 spiro atoms. The van der Waals surface area contributed by atoms with Crippen molar-refractivity contribution in [2.45, 2.75) is 0 Å². The van der Waals surface area contributed by atoms with Gasteiger partial charge in [0.1, 0.15) is 0 Å². The van der Waals surface area contributed by atoms with Crippen molar-refractivity contribution in [1.29, 1.82) is 0 Å². The number of thiophene rings is 1. The van der Waals surface area contributed by atoms with Crippen molar-refractivity contribution in [3.8, 4) is 0 Å². The summed E-state index contributed by atoms with van der Waals surface area (Å²) in [6.45, 7) is 0. The number of nitrogens with two attached hydrogens (primary N) is 1. The van der Waals surface area contributed by atoms with Gasteiger partial charge in [0.15, 0.2) is 0 Å². The summed E-state index contributed by atoms with van der Waals surface area (Å²) >= 11 is 1.69. The predicted molar refractivity (Wildman–Crippen MR) is 66.6 cm³/mol. The molecular formula is C10H8ClN3S. The Labute approximate surface area is 96.4 Å². The van der Waals surface area contributed by atoms with Crippen molar-refractivity contribution in [2.75, 3.05) is 5.73 Å². The van der Waals surface area contributed by atoms with Gasteiger partial charge in [-0.25, -0.2) is 9.97 Å². The van der Waals surface area contributed by atoms with Gasteiger partial charge in [-0.15, -0.1) is 23.7 Å². The van der Waals surface area contributed by atoms with E-state index < -0.39 is 0 Å². The molecule has 0 aliphatic rings. The van der Waals surface area contributed by atoms with Gasteiger partial charge in [-0.1, -0.05) is 18.2 Å². The summed E-state index contributed by atoms with van der Waals surface area (Å²) in [7, 11) is 0. The molecule has 0 atom stereocenters. The molecule has 15 heavy (non-hydrogen) atoms. The van der Waals surface area contributed by atoms with E-state index in [2.05, 4.69) is 22.1 Å². The number of hydrogen-bond donors (Lipinski definition) is 1. The quantitative estimate of drug-likeness (QED) is 0.654.